The molecule has 0 atom stereocenters. The van der Waals surface area contributed by atoms with Crippen LogP contribution >= 0.6 is 11.6 Å². The summed E-state index contributed by atoms with van der Waals surface area (Å²) in [4.78, 5) is 21.1. The van der Waals surface area contributed by atoms with Crippen molar-refractivity contribution in [2.75, 3.05) is 18.0 Å². The van der Waals surface area contributed by atoms with E-state index in [-0.39, 0.29) is 18.6 Å². The maximum absolute atomic E-state index is 10.9. The van der Waals surface area contributed by atoms with Crippen molar-refractivity contribution >= 4 is 23.4 Å². The van der Waals surface area contributed by atoms with Crippen LogP contribution in [-0.4, -0.2) is 56.5 Å². The SMILES string of the molecule is O=C(O)C[C@H]1CC[C@H](OC2CCN(c3ccc(-c4nnc(-c5cccc(Cl)c5)[nH]4)cn3)CC2)CC1. The number of nitrogens with one attached hydrogen (secondary N) is 1. The largest absolute Gasteiger partial charge is 0.481 e. The molecule has 1 aromatic carbocycles. The molecule has 35 heavy (non-hydrogen) atoms. The lowest BCUT2D eigenvalue weighted by molar-refractivity contribution is -0.138. The zero-order valence-corrected chi connectivity index (χ0v) is 20.3. The fourth-order valence-corrected chi connectivity index (χ4v) is 5.27. The standard InChI is InChI=1S/C26H30ClN5O3/c27-20-3-1-2-18(15-20)25-29-26(31-30-25)19-6-9-23(28-16-19)32-12-10-22(11-13-32)35-21-7-4-17(5-8-21)14-24(33)34/h1-3,6,9,15-17,21-22H,4-5,7-8,10-14H2,(H,33,34)(H,29,30,31)/t17-,21-. The van der Waals surface area contributed by atoms with E-state index < -0.39 is 5.97 Å². The molecule has 2 fully saturated rings. The van der Waals surface area contributed by atoms with Crippen molar-refractivity contribution in [2.45, 2.75) is 57.2 Å². The number of aromatic amines is 1. The molecule has 2 aliphatic rings. The Morgan fingerprint density at radius 3 is 2.37 bits per heavy atom. The van der Waals surface area contributed by atoms with Gasteiger partial charge in [-0.05, 0) is 68.7 Å². The first-order chi connectivity index (χ1) is 17.0. The molecule has 9 heteroatoms. The van der Waals surface area contributed by atoms with E-state index >= 15 is 0 Å². The molecule has 1 saturated heterocycles. The minimum atomic E-state index is -0.688. The van der Waals surface area contributed by atoms with Crippen LogP contribution in [0.5, 0.6) is 0 Å². The number of hydrogen-bond acceptors (Lipinski definition) is 6. The molecule has 184 valence electrons. The van der Waals surface area contributed by atoms with Gasteiger partial charge in [-0.25, -0.2) is 4.98 Å². The van der Waals surface area contributed by atoms with Gasteiger partial charge < -0.3 is 19.7 Å². The number of carbonyl (C=O) groups is 1. The zero-order chi connectivity index (χ0) is 24.2. The van der Waals surface area contributed by atoms with E-state index in [9.17, 15) is 4.79 Å². The molecular formula is C26H30ClN5O3. The van der Waals surface area contributed by atoms with E-state index in [0.717, 1.165) is 68.6 Å². The van der Waals surface area contributed by atoms with Crippen molar-refractivity contribution in [1.29, 1.82) is 0 Å². The summed E-state index contributed by atoms with van der Waals surface area (Å²) in [5.41, 5.74) is 1.77. The highest BCUT2D eigenvalue weighted by atomic mass is 35.5. The van der Waals surface area contributed by atoms with Crippen LogP contribution in [0.25, 0.3) is 22.8 Å². The van der Waals surface area contributed by atoms with Crippen molar-refractivity contribution < 1.29 is 14.6 Å². The van der Waals surface area contributed by atoms with Gasteiger partial charge in [0.2, 0.25) is 0 Å². The second-order valence-electron chi connectivity index (χ2n) is 9.50. The molecule has 3 aromatic rings. The molecule has 0 amide bonds. The smallest absolute Gasteiger partial charge is 0.303 e. The summed E-state index contributed by atoms with van der Waals surface area (Å²) in [5, 5.41) is 18.2. The predicted molar refractivity (Wildman–Crippen MR) is 134 cm³/mol. The van der Waals surface area contributed by atoms with Gasteiger partial charge in [0.25, 0.3) is 0 Å². The van der Waals surface area contributed by atoms with Gasteiger partial charge in [0.1, 0.15) is 5.82 Å². The van der Waals surface area contributed by atoms with Crippen LogP contribution in [0.1, 0.15) is 44.9 Å². The third-order valence-corrected chi connectivity index (χ3v) is 7.25. The quantitative estimate of drug-likeness (QED) is 0.463. The Balaban J connectivity index is 1.12. The van der Waals surface area contributed by atoms with Gasteiger partial charge in [0.05, 0.1) is 12.2 Å². The number of rotatable bonds is 7. The number of anilines is 1. The van der Waals surface area contributed by atoms with Gasteiger partial charge in [0, 0.05) is 41.9 Å². The number of aliphatic carboxylic acids is 1. The van der Waals surface area contributed by atoms with E-state index in [0.29, 0.717) is 22.6 Å². The number of aromatic nitrogens is 4. The Labute approximate surface area is 209 Å². The Hall–Kier alpha value is -2.97. The first kappa shape index (κ1) is 23.8. The van der Waals surface area contributed by atoms with Gasteiger partial charge in [-0.1, -0.05) is 23.7 Å². The number of pyridine rings is 1. The van der Waals surface area contributed by atoms with Crippen molar-refractivity contribution in [3.8, 4) is 22.8 Å². The molecular weight excluding hydrogens is 466 g/mol. The normalized spacial score (nSPS) is 21.2. The molecule has 8 nitrogen and oxygen atoms in total. The molecule has 1 saturated carbocycles. The Bertz CT molecular complexity index is 1140. The Morgan fingerprint density at radius 2 is 1.71 bits per heavy atom. The van der Waals surface area contributed by atoms with Gasteiger partial charge in [0.15, 0.2) is 11.6 Å². The number of carboxylic acids is 1. The van der Waals surface area contributed by atoms with Crippen molar-refractivity contribution in [3.63, 3.8) is 0 Å². The minimum Gasteiger partial charge on any atom is -0.481 e. The first-order valence-corrected chi connectivity index (χ1v) is 12.7. The first-order valence-electron chi connectivity index (χ1n) is 12.3. The van der Waals surface area contributed by atoms with Gasteiger partial charge in [-0.3, -0.25) is 4.79 Å². The van der Waals surface area contributed by atoms with E-state index in [1.54, 1.807) is 0 Å². The molecule has 0 bridgehead atoms. The lowest BCUT2D eigenvalue weighted by Gasteiger charge is -2.36. The Morgan fingerprint density at radius 1 is 1.00 bits per heavy atom. The maximum atomic E-state index is 10.9. The summed E-state index contributed by atoms with van der Waals surface area (Å²) in [5.74, 6) is 1.92. The molecule has 5 rings (SSSR count). The molecule has 0 unspecified atom stereocenters. The van der Waals surface area contributed by atoms with Gasteiger partial charge in [-0.2, -0.15) is 0 Å². The molecule has 2 N–H and O–H groups in total. The van der Waals surface area contributed by atoms with Crippen LogP contribution in [0, 0.1) is 5.92 Å². The zero-order valence-electron chi connectivity index (χ0n) is 19.6. The summed E-state index contributed by atoms with van der Waals surface area (Å²) in [7, 11) is 0. The average molecular weight is 496 g/mol. The van der Waals surface area contributed by atoms with Crippen LogP contribution in [0.15, 0.2) is 42.6 Å². The summed E-state index contributed by atoms with van der Waals surface area (Å²) in [6.07, 6.45) is 8.47. The summed E-state index contributed by atoms with van der Waals surface area (Å²) < 4.78 is 6.37. The number of H-pyrrole nitrogens is 1. The van der Waals surface area contributed by atoms with Crippen LogP contribution in [0.4, 0.5) is 5.82 Å². The summed E-state index contributed by atoms with van der Waals surface area (Å²) in [6, 6.07) is 11.6. The highest BCUT2D eigenvalue weighted by Crippen LogP contribution is 2.31. The van der Waals surface area contributed by atoms with Gasteiger partial charge >= 0.3 is 5.97 Å². The number of carboxylic acid groups (broad SMARTS) is 1. The molecule has 0 spiro atoms. The predicted octanol–water partition coefficient (Wildman–Crippen LogP) is 5.21. The number of piperidine rings is 1. The number of ether oxygens (including phenoxy) is 1. The third-order valence-electron chi connectivity index (χ3n) is 7.01. The van der Waals surface area contributed by atoms with Crippen LogP contribution in [0.3, 0.4) is 0 Å². The monoisotopic (exact) mass is 495 g/mol. The molecule has 3 heterocycles. The van der Waals surface area contributed by atoms with E-state index in [1.807, 2.05) is 42.6 Å². The highest BCUT2D eigenvalue weighted by Gasteiger charge is 2.28. The topological polar surface area (TPSA) is 104 Å². The minimum absolute atomic E-state index is 0.269. The van der Waals surface area contributed by atoms with Crippen molar-refractivity contribution in [3.05, 3.63) is 47.6 Å². The van der Waals surface area contributed by atoms with E-state index in [4.69, 9.17) is 21.4 Å². The maximum Gasteiger partial charge on any atom is 0.303 e. The van der Waals surface area contributed by atoms with Crippen molar-refractivity contribution in [1.82, 2.24) is 20.2 Å². The molecule has 0 radical (unpaired) electrons. The van der Waals surface area contributed by atoms with Crippen molar-refractivity contribution in [2.24, 2.45) is 5.92 Å². The number of benzene rings is 1. The lowest BCUT2D eigenvalue weighted by Crippen LogP contribution is -2.39. The summed E-state index contributed by atoms with van der Waals surface area (Å²) >= 11 is 6.09. The Kier molecular flexibility index (Phi) is 7.29. The molecule has 1 aliphatic heterocycles. The van der Waals surface area contributed by atoms with E-state index in [1.165, 1.54) is 0 Å². The van der Waals surface area contributed by atoms with Crippen LogP contribution in [0.2, 0.25) is 5.02 Å². The second kappa shape index (κ2) is 10.7. The van der Waals surface area contributed by atoms with Crippen LogP contribution < -0.4 is 4.90 Å². The van der Waals surface area contributed by atoms with Crippen LogP contribution in [-0.2, 0) is 9.53 Å². The summed E-state index contributed by atoms with van der Waals surface area (Å²) in [6.45, 7) is 1.82. The molecule has 2 aromatic heterocycles. The number of halogens is 1. The lowest BCUT2D eigenvalue weighted by atomic mass is 9.85. The van der Waals surface area contributed by atoms with Gasteiger partial charge in [-0.15, -0.1) is 10.2 Å². The number of nitrogens with zero attached hydrogens (tertiary/aromatic N) is 4. The third kappa shape index (κ3) is 6.00. The highest BCUT2D eigenvalue weighted by molar-refractivity contribution is 6.30. The second-order valence-corrected chi connectivity index (χ2v) is 9.94. The fourth-order valence-electron chi connectivity index (χ4n) is 5.08. The molecule has 1 aliphatic carbocycles. The fraction of sp³-hybridized carbons (Fsp3) is 0.462. The average Bonchev–Trinajstić information content (AvgIpc) is 3.36. The number of hydrogen-bond donors (Lipinski definition) is 2. The van der Waals surface area contributed by atoms with E-state index in [2.05, 4.69) is 25.1 Å².